The molecule has 3 aromatic heterocycles. The molecule has 0 aliphatic heterocycles. The van der Waals surface area contributed by atoms with Crippen molar-refractivity contribution in [2.45, 2.75) is 46.1 Å². The van der Waals surface area contributed by atoms with E-state index in [2.05, 4.69) is 26.6 Å². The van der Waals surface area contributed by atoms with Crippen molar-refractivity contribution in [1.82, 2.24) is 24.4 Å². The number of nitrogens with one attached hydrogen (secondary N) is 1. The average molecular weight is 394 g/mol. The van der Waals surface area contributed by atoms with Crippen LogP contribution in [0.2, 0.25) is 0 Å². The summed E-state index contributed by atoms with van der Waals surface area (Å²) >= 11 is 0. The van der Waals surface area contributed by atoms with Gasteiger partial charge in [0, 0.05) is 36.7 Å². The van der Waals surface area contributed by atoms with Crippen molar-refractivity contribution in [3.05, 3.63) is 34.8 Å². The van der Waals surface area contributed by atoms with Crippen LogP contribution in [0.3, 0.4) is 0 Å². The number of nitrogen functional groups attached to an aromatic ring is 1. The van der Waals surface area contributed by atoms with Gasteiger partial charge in [-0.05, 0) is 32.3 Å². The van der Waals surface area contributed by atoms with E-state index < -0.39 is 0 Å². The van der Waals surface area contributed by atoms with Crippen LogP contribution in [0, 0.1) is 23.7 Å². The smallest absolute Gasteiger partial charge is 0.163 e. The lowest BCUT2D eigenvalue weighted by Gasteiger charge is -2.11. The zero-order valence-corrected chi connectivity index (χ0v) is 16.8. The highest BCUT2D eigenvalue weighted by atomic mass is 16.3. The number of nitrogens with zero attached hydrogens (tertiary/aromatic N) is 6. The van der Waals surface area contributed by atoms with Crippen LogP contribution in [-0.2, 0) is 19.4 Å². The molecule has 0 unspecified atom stereocenters. The Balaban J connectivity index is 1.48. The van der Waals surface area contributed by atoms with Gasteiger partial charge in [-0.25, -0.2) is 4.98 Å². The predicted molar refractivity (Wildman–Crippen MR) is 109 cm³/mol. The molecule has 152 valence electrons. The van der Waals surface area contributed by atoms with E-state index in [0.717, 1.165) is 42.8 Å². The maximum Gasteiger partial charge on any atom is 0.163 e. The van der Waals surface area contributed by atoms with Crippen molar-refractivity contribution in [3.63, 3.8) is 0 Å². The van der Waals surface area contributed by atoms with E-state index in [-0.39, 0.29) is 12.0 Å². The number of nitrogens with two attached hydrogens (primary N) is 1. The summed E-state index contributed by atoms with van der Waals surface area (Å²) in [5.41, 5.74) is 10.1. The number of hydrogen-bond donors (Lipinski definition) is 3. The van der Waals surface area contributed by atoms with Gasteiger partial charge in [-0.3, -0.25) is 4.68 Å². The highest BCUT2D eigenvalue weighted by Gasteiger charge is 2.42. The number of aliphatic hydroxyl groups is 1. The second-order valence-corrected chi connectivity index (χ2v) is 7.82. The Hall–Kier alpha value is -3.12. The maximum absolute atomic E-state index is 9.56. The molecule has 4 N–H and O–H groups in total. The molecule has 0 atom stereocenters. The van der Waals surface area contributed by atoms with Crippen LogP contribution in [0.25, 0.3) is 5.65 Å². The molecule has 9 heteroatoms. The van der Waals surface area contributed by atoms with E-state index in [4.69, 9.17) is 5.73 Å². The molecular weight excluding hydrogens is 368 g/mol. The summed E-state index contributed by atoms with van der Waals surface area (Å²) in [6, 6.07) is 4.13. The number of hydrogen-bond acceptors (Lipinski definition) is 7. The van der Waals surface area contributed by atoms with E-state index in [0.29, 0.717) is 35.8 Å². The normalized spacial score (nSPS) is 14.8. The topological polar surface area (TPSA) is 130 Å². The van der Waals surface area contributed by atoms with E-state index in [1.165, 1.54) is 0 Å². The van der Waals surface area contributed by atoms with Gasteiger partial charge in [0.05, 0.1) is 18.0 Å². The molecule has 0 spiro atoms. The molecule has 4 rings (SSSR count). The van der Waals surface area contributed by atoms with Crippen LogP contribution in [0.5, 0.6) is 0 Å². The lowest BCUT2D eigenvalue weighted by atomic mass is 10.1. The molecular formula is C20H26N8O. The summed E-state index contributed by atoms with van der Waals surface area (Å²) in [4.78, 5) is 4.64. The van der Waals surface area contributed by atoms with Gasteiger partial charge >= 0.3 is 0 Å². The SMILES string of the molecule is CCc1c(C)nn2c(N)c(C#N)c(NCCc3ccn(CC4(CO)CC4)n3)nc12. The summed E-state index contributed by atoms with van der Waals surface area (Å²) in [7, 11) is 0. The first-order chi connectivity index (χ1) is 14.0. The Morgan fingerprint density at radius 2 is 2.17 bits per heavy atom. The fraction of sp³-hybridized carbons (Fsp3) is 0.500. The number of aliphatic hydroxyl groups excluding tert-OH is 1. The lowest BCUT2D eigenvalue weighted by Crippen LogP contribution is -2.16. The molecule has 1 aliphatic carbocycles. The first kappa shape index (κ1) is 19.2. The molecule has 1 saturated carbocycles. The fourth-order valence-electron chi connectivity index (χ4n) is 3.69. The van der Waals surface area contributed by atoms with Crippen LogP contribution in [-0.4, -0.2) is 42.6 Å². The van der Waals surface area contributed by atoms with Gasteiger partial charge in [-0.15, -0.1) is 0 Å². The number of aromatic nitrogens is 5. The molecule has 3 aromatic rings. The Morgan fingerprint density at radius 3 is 2.83 bits per heavy atom. The zero-order chi connectivity index (χ0) is 20.6. The maximum atomic E-state index is 9.56. The standard InChI is InChI=1S/C20H26N8O/c1-3-15-13(2)25-28-17(22)16(10-21)18(24-19(15)28)23-8-4-14-5-9-27(26-14)11-20(12-29)6-7-20/h5,9,29H,3-4,6-8,11-12,22H2,1-2H3,(H,23,24). The summed E-state index contributed by atoms with van der Waals surface area (Å²) in [5, 5.41) is 31.3. The Kier molecular flexibility index (Phi) is 4.88. The minimum atomic E-state index is 0.0282. The van der Waals surface area contributed by atoms with Gasteiger partial charge in [0.1, 0.15) is 23.3 Å². The van der Waals surface area contributed by atoms with Crippen molar-refractivity contribution in [3.8, 4) is 6.07 Å². The quantitative estimate of drug-likeness (QED) is 0.530. The van der Waals surface area contributed by atoms with Gasteiger partial charge in [0.25, 0.3) is 0 Å². The van der Waals surface area contributed by atoms with E-state index in [1.807, 2.05) is 30.8 Å². The van der Waals surface area contributed by atoms with Gasteiger partial charge in [0.15, 0.2) is 5.65 Å². The van der Waals surface area contributed by atoms with Crippen molar-refractivity contribution in [2.75, 3.05) is 24.2 Å². The third kappa shape index (κ3) is 3.51. The molecule has 9 nitrogen and oxygen atoms in total. The average Bonchev–Trinajstić information content (AvgIpc) is 3.21. The largest absolute Gasteiger partial charge is 0.396 e. The minimum Gasteiger partial charge on any atom is -0.396 e. The third-order valence-electron chi connectivity index (χ3n) is 5.72. The van der Waals surface area contributed by atoms with Crippen LogP contribution in [0.4, 0.5) is 11.6 Å². The van der Waals surface area contributed by atoms with Crippen LogP contribution < -0.4 is 11.1 Å². The fourth-order valence-corrected chi connectivity index (χ4v) is 3.69. The Labute approximate surface area is 169 Å². The summed E-state index contributed by atoms with van der Waals surface area (Å²) < 4.78 is 3.46. The van der Waals surface area contributed by atoms with E-state index in [9.17, 15) is 10.4 Å². The van der Waals surface area contributed by atoms with Gasteiger partial charge in [-0.2, -0.15) is 20.0 Å². The lowest BCUT2D eigenvalue weighted by molar-refractivity contribution is 0.190. The van der Waals surface area contributed by atoms with Gasteiger partial charge in [-0.1, -0.05) is 6.92 Å². The van der Waals surface area contributed by atoms with E-state index >= 15 is 0 Å². The highest BCUT2D eigenvalue weighted by Crippen LogP contribution is 2.46. The van der Waals surface area contributed by atoms with Crippen molar-refractivity contribution >= 4 is 17.3 Å². The molecule has 3 heterocycles. The number of anilines is 2. The number of aryl methyl sites for hydroxylation is 2. The molecule has 0 bridgehead atoms. The van der Waals surface area contributed by atoms with Crippen molar-refractivity contribution < 1.29 is 5.11 Å². The van der Waals surface area contributed by atoms with Gasteiger partial charge in [0.2, 0.25) is 0 Å². The number of rotatable bonds is 8. The van der Waals surface area contributed by atoms with Crippen LogP contribution in [0.1, 0.15) is 42.3 Å². The van der Waals surface area contributed by atoms with Crippen LogP contribution >= 0.6 is 0 Å². The Bertz CT molecular complexity index is 1090. The highest BCUT2D eigenvalue weighted by molar-refractivity contribution is 5.69. The van der Waals surface area contributed by atoms with Crippen molar-refractivity contribution in [1.29, 1.82) is 5.26 Å². The van der Waals surface area contributed by atoms with E-state index in [1.54, 1.807) is 4.52 Å². The number of nitriles is 1. The third-order valence-corrected chi connectivity index (χ3v) is 5.72. The monoisotopic (exact) mass is 394 g/mol. The second-order valence-electron chi connectivity index (χ2n) is 7.82. The first-order valence-electron chi connectivity index (χ1n) is 9.95. The molecule has 0 amide bonds. The Morgan fingerprint density at radius 1 is 1.38 bits per heavy atom. The summed E-state index contributed by atoms with van der Waals surface area (Å²) in [6.07, 6.45) is 5.55. The molecule has 0 saturated heterocycles. The van der Waals surface area contributed by atoms with Crippen molar-refractivity contribution in [2.24, 2.45) is 5.41 Å². The number of fused-ring (bicyclic) bond motifs is 1. The van der Waals surface area contributed by atoms with Crippen LogP contribution in [0.15, 0.2) is 12.3 Å². The molecule has 0 radical (unpaired) electrons. The molecule has 0 aromatic carbocycles. The summed E-state index contributed by atoms with van der Waals surface area (Å²) in [6.45, 7) is 5.51. The molecule has 1 fully saturated rings. The molecule has 1 aliphatic rings. The minimum absolute atomic E-state index is 0.0282. The first-order valence-corrected chi connectivity index (χ1v) is 9.95. The summed E-state index contributed by atoms with van der Waals surface area (Å²) in [5.74, 6) is 0.773. The van der Waals surface area contributed by atoms with Gasteiger partial charge < -0.3 is 16.2 Å². The zero-order valence-electron chi connectivity index (χ0n) is 16.8. The second kappa shape index (κ2) is 7.37. The predicted octanol–water partition coefficient (Wildman–Crippen LogP) is 1.68. The molecule has 29 heavy (non-hydrogen) atoms.